The fraction of sp³-hybridized carbons (Fsp3) is 0.939. The molecule has 4 heteroatoms. The molecule has 0 amide bonds. The van der Waals surface area contributed by atoms with E-state index in [1.807, 2.05) is 0 Å². The van der Waals surface area contributed by atoms with E-state index in [4.69, 9.17) is 5.11 Å². The smallest absolute Gasteiger partial charge is 0.303 e. The molecule has 0 spiro atoms. The molecule has 0 aromatic heterocycles. The van der Waals surface area contributed by atoms with Crippen LogP contribution in [0, 0.1) is 40.4 Å². The molecule has 0 saturated heterocycles. The molecule has 4 fully saturated rings. The third-order valence-electron chi connectivity index (χ3n) is 12.1. The van der Waals surface area contributed by atoms with Gasteiger partial charge in [-0.3, -0.25) is 9.59 Å². The van der Waals surface area contributed by atoms with Gasteiger partial charge in [0.25, 0.3) is 0 Å². The number of aliphatic hydroxyl groups excluding tert-OH is 1. The van der Waals surface area contributed by atoms with Gasteiger partial charge in [0, 0.05) is 19.3 Å². The molecule has 4 rings (SSSR count). The van der Waals surface area contributed by atoms with Gasteiger partial charge in [-0.25, -0.2) is 0 Å². The van der Waals surface area contributed by atoms with Crippen molar-refractivity contribution in [1.82, 2.24) is 0 Å². The van der Waals surface area contributed by atoms with Gasteiger partial charge in [0.05, 0.1) is 6.10 Å². The highest BCUT2D eigenvalue weighted by molar-refractivity contribution is 5.79. The highest BCUT2D eigenvalue weighted by atomic mass is 16.4. The van der Waals surface area contributed by atoms with Crippen molar-refractivity contribution in [2.45, 2.75) is 155 Å². The van der Waals surface area contributed by atoms with Crippen LogP contribution in [-0.2, 0) is 9.59 Å². The Hall–Kier alpha value is -0.900. The number of fused-ring (bicyclic) bond motifs is 5. The summed E-state index contributed by atoms with van der Waals surface area (Å²) in [6.45, 7) is 4.94. The lowest BCUT2D eigenvalue weighted by Crippen LogP contribution is -2.57. The van der Waals surface area contributed by atoms with Crippen molar-refractivity contribution in [1.29, 1.82) is 0 Å². The standard InChI is InChI=1S/C33H56O4/c1-32-20-18-26(34)23-25(32)22-24(31-27-16-17-29(35)33(27,2)21-19-28(31)32)14-12-10-8-6-4-3-5-7-9-11-13-15-30(36)37/h24-25,27-29,31,35H,3-23H2,1-2H3,(H,36,37)/t24?,25?,27-,28+,29?,31-,32-,33-/m0/s1. The molecule has 4 aliphatic carbocycles. The second-order valence-corrected chi connectivity index (χ2v) is 14.2. The number of carbonyl (C=O) groups is 2. The van der Waals surface area contributed by atoms with Crippen molar-refractivity contribution in [2.75, 3.05) is 0 Å². The van der Waals surface area contributed by atoms with Crippen molar-refractivity contribution in [2.24, 2.45) is 40.4 Å². The lowest BCUT2D eigenvalue weighted by molar-refractivity contribution is -0.156. The Morgan fingerprint density at radius 3 is 2.05 bits per heavy atom. The van der Waals surface area contributed by atoms with E-state index in [2.05, 4.69) is 13.8 Å². The van der Waals surface area contributed by atoms with Gasteiger partial charge in [-0.05, 0) is 85.4 Å². The molecular weight excluding hydrogens is 460 g/mol. The second-order valence-electron chi connectivity index (χ2n) is 14.2. The first-order valence-corrected chi connectivity index (χ1v) is 16.2. The summed E-state index contributed by atoms with van der Waals surface area (Å²) in [6, 6.07) is 0. The maximum absolute atomic E-state index is 12.4. The van der Waals surface area contributed by atoms with Gasteiger partial charge in [-0.1, -0.05) is 84.5 Å². The first-order valence-electron chi connectivity index (χ1n) is 16.2. The van der Waals surface area contributed by atoms with Crippen LogP contribution >= 0.6 is 0 Å². The number of hydrogen-bond acceptors (Lipinski definition) is 3. The molecule has 0 radical (unpaired) electrons. The predicted octanol–water partition coefficient (Wildman–Crippen LogP) is 8.34. The van der Waals surface area contributed by atoms with E-state index >= 15 is 0 Å². The number of carboxylic acids is 1. The number of ketones is 1. The van der Waals surface area contributed by atoms with Gasteiger partial charge in [-0.15, -0.1) is 0 Å². The number of aliphatic carboxylic acids is 1. The summed E-state index contributed by atoms with van der Waals surface area (Å²) in [4.78, 5) is 23.0. The van der Waals surface area contributed by atoms with Crippen LogP contribution in [0.2, 0.25) is 0 Å². The van der Waals surface area contributed by atoms with E-state index in [1.54, 1.807) is 0 Å². The van der Waals surface area contributed by atoms with Crippen LogP contribution in [0.5, 0.6) is 0 Å². The van der Waals surface area contributed by atoms with Crippen LogP contribution in [0.3, 0.4) is 0 Å². The summed E-state index contributed by atoms with van der Waals surface area (Å²) < 4.78 is 0. The zero-order valence-corrected chi connectivity index (χ0v) is 24.0. The van der Waals surface area contributed by atoms with E-state index in [9.17, 15) is 14.7 Å². The van der Waals surface area contributed by atoms with Crippen LogP contribution in [0.15, 0.2) is 0 Å². The third-order valence-corrected chi connectivity index (χ3v) is 12.1. The minimum Gasteiger partial charge on any atom is -0.481 e. The minimum absolute atomic E-state index is 0.109. The van der Waals surface area contributed by atoms with Crippen LogP contribution in [0.4, 0.5) is 0 Å². The molecule has 4 nitrogen and oxygen atoms in total. The van der Waals surface area contributed by atoms with Crippen molar-refractivity contribution < 1.29 is 19.8 Å². The Balaban J connectivity index is 1.21. The van der Waals surface area contributed by atoms with E-state index in [-0.39, 0.29) is 11.5 Å². The van der Waals surface area contributed by atoms with Gasteiger partial charge in [0.2, 0.25) is 0 Å². The lowest BCUT2D eigenvalue weighted by atomic mass is 9.42. The molecule has 0 aliphatic heterocycles. The molecule has 0 aromatic rings. The fourth-order valence-electron chi connectivity index (χ4n) is 9.76. The first-order chi connectivity index (χ1) is 17.8. The molecule has 4 aliphatic rings. The van der Waals surface area contributed by atoms with E-state index in [1.165, 1.54) is 89.9 Å². The topological polar surface area (TPSA) is 74.6 Å². The highest BCUT2D eigenvalue weighted by Gasteiger charge is 2.62. The molecule has 0 heterocycles. The van der Waals surface area contributed by atoms with Crippen molar-refractivity contribution in [3.63, 3.8) is 0 Å². The highest BCUT2D eigenvalue weighted by Crippen LogP contribution is 2.67. The van der Waals surface area contributed by atoms with Crippen LogP contribution in [-0.4, -0.2) is 28.1 Å². The average molecular weight is 517 g/mol. The number of carbonyl (C=O) groups excluding carboxylic acids is 1. The molecule has 4 saturated carbocycles. The Labute approximate surface area is 226 Å². The van der Waals surface area contributed by atoms with Crippen LogP contribution < -0.4 is 0 Å². The number of rotatable bonds is 14. The summed E-state index contributed by atoms with van der Waals surface area (Å²) in [5.41, 5.74) is 0.476. The summed E-state index contributed by atoms with van der Waals surface area (Å²) >= 11 is 0. The summed E-state index contributed by atoms with van der Waals surface area (Å²) in [7, 11) is 0. The largest absolute Gasteiger partial charge is 0.481 e. The first kappa shape index (κ1) is 29.1. The minimum atomic E-state index is -0.666. The number of hydrogen-bond donors (Lipinski definition) is 2. The van der Waals surface area contributed by atoms with Crippen molar-refractivity contribution in [3.8, 4) is 0 Å². The quantitative estimate of drug-likeness (QED) is 0.228. The summed E-state index contributed by atoms with van der Waals surface area (Å²) in [5.74, 6) is 3.41. The SMILES string of the molecule is C[C@]12CCC(=O)CC1CC(CCCCCCCCCCCCCC(=O)O)[C@@H]1[C@H]2CC[C@]2(C)C(O)CC[C@@H]12. The van der Waals surface area contributed by atoms with E-state index in [0.717, 1.165) is 56.3 Å². The van der Waals surface area contributed by atoms with Gasteiger partial charge < -0.3 is 10.2 Å². The zero-order chi connectivity index (χ0) is 26.5. The molecule has 8 atom stereocenters. The molecule has 212 valence electrons. The molecular formula is C33H56O4. The Morgan fingerprint density at radius 2 is 1.41 bits per heavy atom. The van der Waals surface area contributed by atoms with Gasteiger partial charge >= 0.3 is 5.97 Å². The Kier molecular flexibility index (Phi) is 10.2. The summed E-state index contributed by atoms with van der Waals surface area (Å²) in [6.07, 6.45) is 23.9. The molecule has 0 aromatic carbocycles. The van der Waals surface area contributed by atoms with Crippen LogP contribution in [0.25, 0.3) is 0 Å². The zero-order valence-electron chi connectivity index (χ0n) is 24.0. The number of unbranched alkanes of at least 4 members (excludes halogenated alkanes) is 10. The van der Waals surface area contributed by atoms with Gasteiger partial charge in [0.15, 0.2) is 0 Å². The van der Waals surface area contributed by atoms with Crippen molar-refractivity contribution >= 4 is 11.8 Å². The fourth-order valence-corrected chi connectivity index (χ4v) is 9.76. The molecule has 0 bridgehead atoms. The predicted molar refractivity (Wildman–Crippen MR) is 149 cm³/mol. The number of Topliss-reactive ketones (excluding diaryl/α,β-unsaturated/α-hetero) is 1. The maximum Gasteiger partial charge on any atom is 0.303 e. The van der Waals surface area contributed by atoms with Gasteiger partial charge in [0.1, 0.15) is 5.78 Å². The monoisotopic (exact) mass is 516 g/mol. The number of aliphatic hydroxyl groups is 1. The normalized spacial score (nSPS) is 39.2. The molecule has 37 heavy (non-hydrogen) atoms. The van der Waals surface area contributed by atoms with Gasteiger partial charge in [-0.2, -0.15) is 0 Å². The lowest BCUT2D eigenvalue weighted by Gasteiger charge is -2.62. The Bertz CT molecular complexity index is 763. The van der Waals surface area contributed by atoms with E-state index in [0.29, 0.717) is 29.5 Å². The Morgan fingerprint density at radius 1 is 0.811 bits per heavy atom. The van der Waals surface area contributed by atoms with E-state index < -0.39 is 5.97 Å². The summed E-state index contributed by atoms with van der Waals surface area (Å²) in [5, 5.41) is 19.6. The maximum atomic E-state index is 12.4. The third kappa shape index (κ3) is 6.64. The number of carboxylic acid groups (broad SMARTS) is 1. The average Bonchev–Trinajstić information content (AvgIpc) is 3.17. The molecule has 3 unspecified atom stereocenters. The second kappa shape index (κ2) is 13.0. The van der Waals surface area contributed by atoms with Crippen molar-refractivity contribution in [3.05, 3.63) is 0 Å². The molecule has 2 N–H and O–H groups in total. The van der Waals surface area contributed by atoms with Crippen LogP contribution in [0.1, 0.15) is 149 Å².